The molecule has 0 atom stereocenters. The lowest BCUT2D eigenvalue weighted by molar-refractivity contribution is 0.237. The Kier molecular flexibility index (Phi) is 7.16. The molecule has 130 valence electrons. The van der Waals surface area contributed by atoms with Gasteiger partial charge in [-0.3, -0.25) is 0 Å². The number of nitrogens with zero attached hydrogens (tertiary/aromatic N) is 1. The first-order valence-corrected chi connectivity index (χ1v) is 7.69. The van der Waals surface area contributed by atoms with E-state index in [2.05, 4.69) is 24.5 Å². The van der Waals surface area contributed by atoms with Crippen molar-refractivity contribution in [2.45, 2.75) is 19.3 Å². The molecule has 0 spiro atoms. The number of amides is 2. The number of benzene rings is 1. The molecule has 0 fully saturated rings. The molecule has 0 aliphatic carbocycles. The third-order valence-corrected chi connectivity index (χ3v) is 3.70. The topological polar surface area (TPSA) is 62.8 Å². The van der Waals surface area contributed by atoms with E-state index in [9.17, 15) is 4.79 Å². The number of carbonyl (C=O) groups is 1. The Labute approximate surface area is 139 Å². The maximum Gasteiger partial charge on any atom is 0.314 e. The van der Waals surface area contributed by atoms with Crippen LogP contribution in [0.2, 0.25) is 0 Å². The molecule has 0 heterocycles. The van der Waals surface area contributed by atoms with Gasteiger partial charge in [0.15, 0.2) is 11.5 Å². The van der Waals surface area contributed by atoms with Crippen LogP contribution >= 0.6 is 0 Å². The Morgan fingerprint density at radius 3 is 2.35 bits per heavy atom. The smallest absolute Gasteiger partial charge is 0.314 e. The first-order chi connectivity index (χ1) is 10.8. The first-order valence-electron chi connectivity index (χ1n) is 7.69. The number of nitrogens with one attached hydrogen (secondary N) is 2. The summed E-state index contributed by atoms with van der Waals surface area (Å²) in [5.74, 6) is 1.38. The molecule has 2 amide bonds. The number of likely N-dealkylation sites (N-methyl/N-ethyl adjacent to an activating group) is 1. The van der Waals surface area contributed by atoms with Crippen molar-refractivity contribution in [1.82, 2.24) is 15.5 Å². The van der Waals surface area contributed by atoms with Gasteiger partial charge in [-0.15, -0.1) is 0 Å². The van der Waals surface area contributed by atoms with Crippen LogP contribution < -0.4 is 20.1 Å². The highest BCUT2D eigenvalue weighted by Crippen LogP contribution is 2.32. The third kappa shape index (κ3) is 5.98. The number of rotatable bonds is 8. The standard InChI is InChI=1S/C17H29N3O3/c1-17(2,12-19-16(21)18-9-10-20(3)4)13-7-8-14(22-5)15(11-13)23-6/h7-8,11H,9-10,12H2,1-6H3,(H2,18,19,21). The molecule has 2 N–H and O–H groups in total. The quantitative estimate of drug-likeness (QED) is 0.766. The molecule has 23 heavy (non-hydrogen) atoms. The zero-order valence-electron chi connectivity index (χ0n) is 15.0. The Morgan fingerprint density at radius 2 is 1.78 bits per heavy atom. The average molecular weight is 323 g/mol. The third-order valence-electron chi connectivity index (χ3n) is 3.70. The van der Waals surface area contributed by atoms with Crippen molar-refractivity contribution in [1.29, 1.82) is 0 Å². The summed E-state index contributed by atoms with van der Waals surface area (Å²) in [5, 5.41) is 5.76. The van der Waals surface area contributed by atoms with Gasteiger partial charge < -0.3 is 25.0 Å². The van der Waals surface area contributed by atoms with Crippen molar-refractivity contribution in [3.63, 3.8) is 0 Å². The summed E-state index contributed by atoms with van der Waals surface area (Å²) in [6.45, 7) is 6.11. The maximum absolute atomic E-state index is 11.8. The number of hydrogen-bond donors (Lipinski definition) is 2. The number of hydrogen-bond acceptors (Lipinski definition) is 4. The molecule has 0 unspecified atom stereocenters. The van der Waals surface area contributed by atoms with Crippen LogP contribution in [-0.4, -0.2) is 58.9 Å². The molecule has 1 rings (SSSR count). The van der Waals surface area contributed by atoms with Gasteiger partial charge in [-0.25, -0.2) is 4.79 Å². The summed E-state index contributed by atoms with van der Waals surface area (Å²) >= 11 is 0. The van der Waals surface area contributed by atoms with Gasteiger partial charge >= 0.3 is 6.03 Å². The minimum atomic E-state index is -0.224. The summed E-state index contributed by atoms with van der Waals surface area (Å²) in [6.07, 6.45) is 0. The van der Waals surface area contributed by atoms with Crippen molar-refractivity contribution in [2.75, 3.05) is 47.9 Å². The summed E-state index contributed by atoms with van der Waals surface area (Å²) < 4.78 is 10.6. The zero-order valence-corrected chi connectivity index (χ0v) is 15.0. The second-order valence-electron chi connectivity index (χ2n) is 6.37. The molecule has 0 radical (unpaired) electrons. The highest BCUT2D eigenvalue weighted by Gasteiger charge is 2.23. The monoisotopic (exact) mass is 323 g/mol. The van der Waals surface area contributed by atoms with E-state index in [4.69, 9.17) is 9.47 Å². The number of urea groups is 1. The molecule has 0 aliphatic heterocycles. The zero-order chi connectivity index (χ0) is 17.5. The van der Waals surface area contributed by atoms with Gasteiger partial charge in [0.2, 0.25) is 0 Å². The molecule has 0 saturated carbocycles. The van der Waals surface area contributed by atoms with Crippen LogP contribution in [0.15, 0.2) is 18.2 Å². The fourth-order valence-electron chi connectivity index (χ4n) is 2.12. The van der Waals surface area contributed by atoms with Gasteiger partial charge in [0, 0.05) is 25.0 Å². The van der Waals surface area contributed by atoms with Crippen LogP contribution in [0.25, 0.3) is 0 Å². The highest BCUT2D eigenvalue weighted by molar-refractivity contribution is 5.73. The van der Waals surface area contributed by atoms with E-state index in [1.54, 1.807) is 14.2 Å². The molecule has 1 aromatic rings. The van der Waals surface area contributed by atoms with E-state index in [0.717, 1.165) is 12.1 Å². The van der Waals surface area contributed by atoms with Gasteiger partial charge in [0.1, 0.15) is 0 Å². The highest BCUT2D eigenvalue weighted by atomic mass is 16.5. The van der Waals surface area contributed by atoms with Crippen LogP contribution in [0.1, 0.15) is 19.4 Å². The van der Waals surface area contributed by atoms with E-state index in [1.165, 1.54) is 0 Å². The fraction of sp³-hybridized carbons (Fsp3) is 0.588. The average Bonchev–Trinajstić information content (AvgIpc) is 2.52. The largest absolute Gasteiger partial charge is 0.493 e. The second kappa shape index (κ2) is 8.62. The van der Waals surface area contributed by atoms with Crippen molar-refractivity contribution in [3.8, 4) is 11.5 Å². The minimum Gasteiger partial charge on any atom is -0.493 e. The summed E-state index contributed by atoms with van der Waals surface area (Å²) in [7, 11) is 7.17. The normalized spacial score (nSPS) is 11.3. The predicted octanol–water partition coefficient (Wildman–Crippen LogP) is 1.84. The SMILES string of the molecule is COc1ccc(C(C)(C)CNC(=O)NCCN(C)C)cc1OC. The van der Waals surface area contributed by atoms with E-state index in [-0.39, 0.29) is 11.4 Å². The molecule has 0 saturated heterocycles. The Balaban J connectivity index is 2.63. The Hall–Kier alpha value is -1.95. The molecular weight excluding hydrogens is 294 g/mol. The van der Waals surface area contributed by atoms with Crippen LogP contribution in [-0.2, 0) is 5.41 Å². The molecule has 1 aromatic carbocycles. The van der Waals surface area contributed by atoms with Gasteiger partial charge in [0.05, 0.1) is 14.2 Å². The van der Waals surface area contributed by atoms with Gasteiger partial charge in [-0.2, -0.15) is 0 Å². The van der Waals surface area contributed by atoms with Crippen molar-refractivity contribution >= 4 is 6.03 Å². The minimum absolute atomic E-state index is 0.152. The lowest BCUT2D eigenvalue weighted by Crippen LogP contribution is -2.43. The van der Waals surface area contributed by atoms with E-state index in [0.29, 0.717) is 24.6 Å². The van der Waals surface area contributed by atoms with Gasteiger partial charge in [-0.05, 0) is 31.8 Å². The molecule has 6 nitrogen and oxygen atoms in total. The van der Waals surface area contributed by atoms with E-state index >= 15 is 0 Å². The van der Waals surface area contributed by atoms with Gasteiger partial charge in [0.25, 0.3) is 0 Å². The molecular formula is C17H29N3O3. The lowest BCUT2D eigenvalue weighted by Gasteiger charge is -2.26. The molecule has 0 aliphatic rings. The maximum atomic E-state index is 11.8. The lowest BCUT2D eigenvalue weighted by atomic mass is 9.84. The molecule has 6 heteroatoms. The number of carbonyl (C=O) groups excluding carboxylic acids is 1. The summed E-state index contributed by atoms with van der Waals surface area (Å²) in [5.41, 5.74) is 0.849. The molecule has 0 aromatic heterocycles. The van der Waals surface area contributed by atoms with Crippen molar-refractivity contribution in [2.24, 2.45) is 0 Å². The number of methoxy groups -OCH3 is 2. The van der Waals surface area contributed by atoms with Crippen molar-refractivity contribution in [3.05, 3.63) is 23.8 Å². The fourth-order valence-corrected chi connectivity index (χ4v) is 2.12. The van der Waals surface area contributed by atoms with Crippen molar-refractivity contribution < 1.29 is 14.3 Å². The molecule has 0 bridgehead atoms. The van der Waals surface area contributed by atoms with Gasteiger partial charge in [-0.1, -0.05) is 19.9 Å². The Morgan fingerprint density at radius 1 is 1.13 bits per heavy atom. The van der Waals surface area contributed by atoms with Crippen LogP contribution in [0, 0.1) is 0 Å². The number of ether oxygens (including phenoxy) is 2. The predicted molar refractivity (Wildman–Crippen MR) is 92.5 cm³/mol. The van der Waals surface area contributed by atoms with E-state index in [1.807, 2.05) is 37.2 Å². The summed E-state index contributed by atoms with van der Waals surface area (Å²) in [6, 6.07) is 5.67. The van der Waals surface area contributed by atoms with Crippen LogP contribution in [0.4, 0.5) is 4.79 Å². The summed E-state index contributed by atoms with van der Waals surface area (Å²) in [4.78, 5) is 13.9. The van der Waals surface area contributed by atoms with Crippen LogP contribution in [0.3, 0.4) is 0 Å². The van der Waals surface area contributed by atoms with E-state index < -0.39 is 0 Å². The first kappa shape index (κ1) is 19.1. The Bertz CT molecular complexity index is 516. The van der Waals surface area contributed by atoms with Crippen LogP contribution in [0.5, 0.6) is 11.5 Å². The second-order valence-corrected chi connectivity index (χ2v) is 6.37.